The van der Waals surface area contributed by atoms with Crippen LogP contribution in [-0.2, 0) is 24.3 Å². The van der Waals surface area contributed by atoms with Gasteiger partial charge in [-0.15, -0.1) is 0 Å². The van der Waals surface area contributed by atoms with Crippen molar-refractivity contribution in [2.45, 2.75) is 31.6 Å². The lowest BCUT2D eigenvalue weighted by Gasteiger charge is -2.33. The minimum atomic E-state index is -0.676. The third-order valence-electron chi connectivity index (χ3n) is 5.07. The summed E-state index contributed by atoms with van der Waals surface area (Å²) in [6.07, 6.45) is -0.382. The molecule has 0 fully saturated rings. The van der Waals surface area contributed by atoms with Crippen LogP contribution in [0.4, 0.5) is 14.9 Å². The quantitative estimate of drug-likeness (QED) is 0.692. The number of benzene rings is 1. The van der Waals surface area contributed by atoms with Gasteiger partial charge in [0.1, 0.15) is 17.6 Å². The van der Waals surface area contributed by atoms with Crippen LogP contribution in [0.25, 0.3) is 0 Å². The third-order valence-corrected chi connectivity index (χ3v) is 5.36. The molecule has 3 amide bonds. The Bertz CT molecular complexity index is 1020. The SMILES string of the molecule is [B][C@@H]1Cc2nn3c(c2CN1C(=O)Nc1ccc(F)c(Cl)c1)C(=O)N(C)O[C@@H](CO)C3. The molecule has 0 bridgehead atoms. The number of nitrogens with one attached hydrogen (secondary N) is 1. The Hall–Kier alpha value is -2.63. The van der Waals surface area contributed by atoms with Gasteiger partial charge >= 0.3 is 6.03 Å². The van der Waals surface area contributed by atoms with Crippen LogP contribution in [0.1, 0.15) is 21.7 Å². The first-order chi connectivity index (χ1) is 14.3. The summed E-state index contributed by atoms with van der Waals surface area (Å²) in [6, 6.07) is 3.31. The molecule has 0 unspecified atom stereocenters. The van der Waals surface area contributed by atoms with Crippen molar-refractivity contribution in [2.75, 3.05) is 19.0 Å². The lowest BCUT2D eigenvalue weighted by Crippen LogP contribution is -2.47. The van der Waals surface area contributed by atoms with Gasteiger partial charge in [-0.2, -0.15) is 5.10 Å². The van der Waals surface area contributed by atoms with E-state index in [1.165, 1.54) is 28.8 Å². The minimum Gasteiger partial charge on any atom is -0.393 e. The van der Waals surface area contributed by atoms with Crippen molar-refractivity contribution < 1.29 is 23.9 Å². The van der Waals surface area contributed by atoms with Gasteiger partial charge in [0.25, 0.3) is 5.91 Å². The highest BCUT2D eigenvalue weighted by molar-refractivity contribution is 6.31. The zero-order chi connectivity index (χ0) is 21.6. The number of hydroxylamine groups is 2. The molecule has 2 atom stereocenters. The Labute approximate surface area is 177 Å². The maximum absolute atomic E-state index is 13.4. The number of nitrogens with zero attached hydrogens (tertiary/aromatic N) is 4. The summed E-state index contributed by atoms with van der Waals surface area (Å²) in [6.45, 7) is -0.0454. The molecule has 2 N–H and O–H groups in total. The zero-order valence-corrected chi connectivity index (χ0v) is 16.8. The number of hydrogen-bond acceptors (Lipinski definition) is 5. The maximum Gasteiger partial charge on any atom is 0.321 e. The second kappa shape index (κ2) is 7.90. The number of aromatic nitrogens is 2. The van der Waals surface area contributed by atoms with E-state index in [2.05, 4.69) is 10.4 Å². The Morgan fingerprint density at radius 2 is 2.27 bits per heavy atom. The number of hydrogen-bond donors (Lipinski definition) is 2. The molecule has 0 saturated heterocycles. The zero-order valence-electron chi connectivity index (χ0n) is 16.0. The molecule has 0 saturated carbocycles. The van der Waals surface area contributed by atoms with Crippen molar-refractivity contribution in [3.63, 3.8) is 0 Å². The highest BCUT2D eigenvalue weighted by Crippen LogP contribution is 2.29. The molecule has 0 spiro atoms. The fourth-order valence-corrected chi connectivity index (χ4v) is 3.76. The highest BCUT2D eigenvalue weighted by atomic mass is 35.5. The molecule has 2 aliphatic rings. The number of aliphatic hydroxyl groups excluding tert-OH is 1. The fourth-order valence-electron chi connectivity index (χ4n) is 3.58. The van der Waals surface area contributed by atoms with Crippen LogP contribution in [0.5, 0.6) is 0 Å². The average molecular weight is 434 g/mol. The summed E-state index contributed by atoms with van der Waals surface area (Å²) in [7, 11) is 7.63. The number of halogens is 2. The van der Waals surface area contributed by atoms with Gasteiger partial charge in [-0.25, -0.2) is 14.2 Å². The van der Waals surface area contributed by atoms with Gasteiger partial charge in [-0.1, -0.05) is 11.6 Å². The summed E-state index contributed by atoms with van der Waals surface area (Å²) in [5.74, 6) is -1.70. The number of rotatable bonds is 2. The van der Waals surface area contributed by atoms with Gasteiger partial charge in [-0.3, -0.25) is 14.3 Å². The number of aliphatic hydroxyl groups is 1. The van der Waals surface area contributed by atoms with E-state index in [4.69, 9.17) is 24.3 Å². The van der Waals surface area contributed by atoms with E-state index in [0.29, 0.717) is 16.9 Å². The number of amides is 3. The molecule has 9 nitrogen and oxygen atoms in total. The molecule has 1 aromatic carbocycles. The van der Waals surface area contributed by atoms with Crippen molar-refractivity contribution in [1.82, 2.24) is 19.7 Å². The van der Waals surface area contributed by atoms with E-state index in [1.54, 1.807) is 0 Å². The van der Waals surface area contributed by atoms with Crippen LogP contribution in [-0.4, -0.2) is 70.3 Å². The summed E-state index contributed by atoms with van der Waals surface area (Å²) >= 11 is 5.76. The lowest BCUT2D eigenvalue weighted by atomic mass is 9.85. The van der Waals surface area contributed by atoms with E-state index in [0.717, 1.165) is 11.1 Å². The predicted octanol–water partition coefficient (Wildman–Crippen LogP) is 1.14. The lowest BCUT2D eigenvalue weighted by molar-refractivity contribution is -0.159. The molecule has 2 aliphatic heterocycles. The molecule has 0 aliphatic carbocycles. The van der Waals surface area contributed by atoms with Crippen LogP contribution >= 0.6 is 11.6 Å². The smallest absolute Gasteiger partial charge is 0.321 e. The number of carbonyl (C=O) groups excluding carboxylic acids is 2. The Kier molecular flexibility index (Phi) is 5.43. The van der Waals surface area contributed by atoms with Crippen LogP contribution in [0.3, 0.4) is 0 Å². The van der Waals surface area contributed by atoms with Crippen molar-refractivity contribution in [3.8, 4) is 0 Å². The number of fused-ring (bicyclic) bond motifs is 3. The van der Waals surface area contributed by atoms with Crippen LogP contribution in [0.2, 0.25) is 5.02 Å². The van der Waals surface area contributed by atoms with Gasteiger partial charge in [0.2, 0.25) is 0 Å². The topological polar surface area (TPSA) is 99.9 Å². The third kappa shape index (κ3) is 3.64. The van der Waals surface area contributed by atoms with E-state index in [-0.39, 0.29) is 36.8 Å². The first kappa shape index (κ1) is 20.6. The largest absolute Gasteiger partial charge is 0.393 e. The highest BCUT2D eigenvalue weighted by Gasteiger charge is 2.37. The predicted molar refractivity (Wildman–Crippen MR) is 105 cm³/mol. The van der Waals surface area contributed by atoms with Crippen LogP contribution in [0, 0.1) is 5.82 Å². The summed E-state index contributed by atoms with van der Waals surface area (Å²) in [4.78, 5) is 32.4. The molecule has 12 heteroatoms. The first-order valence-corrected chi connectivity index (χ1v) is 9.58. The number of carbonyl (C=O) groups is 2. The standard InChI is InChI=1S/C18H18BClFN5O4/c1-24-17(28)16-11-7-25(18(29)22-9-2-3-13(21)12(20)4-9)15(19)5-14(11)23-26(16)6-10(8-27)30-24/h2-4,10,15,27H,5-8H2,1H3,(H,22,29)/t10-,15+/m1/s1. The monoisotopic (exact) mass is 433 g/mol. The molecule has 4 rings (SSSR count). The summed E-state index contributed by atoms with van der Waals surface area (Å²) in [5, 5.41) is 17.5. The Balaban J connectivity index is 1.61. The first-order valence-electron chi connectivity index (χ1n) is 9.21. The second-order valence-electron chi connectivity index (χ2n) is 7.13. The van der Waals surface area contributed by atoms with E-state index < -0.39 is 29.8 Å². The summed E-state index contributed by atoms with van der Waals surface area (Å²) < 4.78 is 14.8. The van der Waals surface area contributed by atoms with Crippen molar-refractivity contribution in [1.29, 1.82) is 0 Å². The van der Waals surface area contributed by atoms with Gasteiger partial charge in [-0.05, 0) is 24.1 Å². The van der Waals surface area contributed by atoms with Crippen LogP contribution < -0.4 is 5.32 Å². The minimum absolute atomic E-state index is 0.0516. The molecule has 2 aromatic rings. The normalized spacial score (nSPS) is 21.1. The van der Waals surface area contributed by atoms with Gasteiger partial charge in [0, 0.05) is 24.7 Å². The van der Waals surface area contributed by atoms with Crippen molar-refractivity contribution in [3.05, 3.63) is 46.0 Å². The van der Waals surface area contributed by atoms with Gasteiger partial charge < -0.3 is 15.3 Å². The molecule has 3 heterocycles. The van der Waals surface area contributed by atoms with Gasteiger partial charge in [0.15, 0.2) is 0 Å². The number of anilines is 1. The van der Waals surface area contributed by atoms with E-state index >= 15 is 0 Å². The molecule has 1 aromatic heterocycles. The number of urea groups is 1. The fraction of sp³-hybridized carbons (Fsp3) is 0.389. The molecule has 156 valence electrons. The summed E-state index contributed by atoms with van der Waals surface area (Å²) in [5.41, 5.74) is 1.79. The van der Waals surface area contributed by atoms with Gasteiger partial charge in [0.05, 0.1) is 38.3 Å². The molecular weight excluding hydrogens is 415 g/mol. The van der Waals surface area contributed by atoms with Crippen molar-refractivity contribution >= 4 is 37.1 Å². The molecule has 30 heavy (non-hydrogen) atoms. The Morgan fingerprint density at radius 1 is 1.50 bits per heavy atom. The molecule has 2 radical (unpaired) electrons. The van der Waals surface area contributed by atoms with E-state index in [9.17, 15) is 19.1 Å². The molecular formula is C18H18BClFN5O4. The van der Waals surface area contributed by atoms with E-state index in [1.807, 2.05) is 0 Å². The average Bonchev–Trinajstić information content (AvgIpc) is 2.99. The van der Waals surface area contributed by atoms with Crippen LogP contribution in [0.15, 0.2) is 18.2 Å². The maximum atomic E-state index is 13.4. The van der Waals surface area contributed by atoms with Crippen molar-refractivity contribution in [2.24, 2.45) is 0 Å². The second-order valence-corrected chi connectivity index (χ2v) is 7.53. The Morgan fingerprint density at radius 3 is 2.97 bits per heavy atom.